The Morgan fingerprint density at radius 1 is 1.12 bits per heavy atom. The van der Waals surface area contributed by atoms with Gasteiger partial charge in [0.25, 0.3) is 0 Å². The first-order valence-electron chi connectivity index (χ1n) is 9.76. The van der Waals surface area contributed by atoms with Crippen molar-refractivity contribution in [3.63, 3.8) is 0 Å². The third-order valence-electron chi connectivity index (χ3n) is 6.61. The van der Waals surface area contributed by atoms with Gasteiger partial charge in [0.15, 0.2) is 0 Å². The fourth-order valence-corrected chi connectivity index (χ4v) is 4.96. The zero-order chi connectivity index (χ0) is 16.7. The van der Waals surface area contributed by atoms with Crippen molar-refractivity contribution in [2.45, 2.75) is 69.9 Å². The summed E-state index contributed by atoms with van der Waals surface area (Å²) >= 11 is 0. The predicted molar refractivity (Wildman–Crippen MR) is 96.7 cm³/mol. The Morgan fingerprint density at radius 2 is 1.88 bits per heavy atom. The Hall–Kier alpha value is -1.35. The monoisotopic (exact) mass is 326 g/mol. The van der Waals surface area contributed by atoms with Crippen molar-refractivity contribution in [3.05, 3.63) is 35.4 Å². The number of nitrogens with zero attached hydrogens (tertiary/aromatic N) is 1. The molecule has 3 aliphatic rings. The van der Waals surface area contributed by atoms with Crippen LogP contribution in [0.2, 0.25) is 0 Å². The highest BCUT2D eigenvalue weighted by Crippen LogP contribution is 2.46. The lowest BCUT2D eigenvalue weighted by molar-refractivity contribution is -0.142. The van der Waals surface area contributed by atoms with Gasteiger partial charge in [-0.15, -0.1) is 0 Å². The van der Waals surface area contributed by atoms with Gasteiger partial charge in [-0.3, -0.25) is 4.79 Å². The minimum atomic E-state index is 0.202. The van der Waals surface area contributed by atoms with Crippen molar-refractivity contribution in [2.75, 3.05) is 6.54 Å². The van der Waals surface area contributed by atoms with Crippen LogP contribution >= 0.6 is 0 Å². The summed E-state index contributed by atoms with van der Waals surface area (Å²) in [6.07, 6.45) is 8.07. The van der Waals surface area contributed by atoms with Crippen molar-refractivity contribution in [1.82, 2.24) is 4.90 Å². The second-order valence-corrected chi connectivity index (χ2v) is 8.19. The van der Waals surface area contributed by atoms with Crippen LogP contribution in [0, 0.1) is 18.8 Å². The molecule has 130 valence electrons. The molecule has 3 saturated carbocycles. The summed E-state index contributed by atoms with van der Waals surface area (Å²) in [4.78, 5) is 15.5. The van der Waals surface area contributed by atoms with E-state index in [0.717, 1.165) is 25.7 Å². The topological polar surface area (TPSA) is 46.3 Å². The Labute approximate surface area is 145 Å². The van der Waals surface area contributed by atoms with Gasteiger partial charge in [-0.25, -0.2) is 0 Å². The maximum absolute atomic E-state index is 13.2. The minimum absolute atomic E-state index is 0.202. The molecule has 0 saturated heterocycles. The lowest BCUT2D eigenvalue weighted by Crippen LogP contribution is -2.51. The summed E-state index contributed by atoms with van der Waals surface area (Å²) in [5.41, 5.74) is 8.80. The Bertz CT molecular complexity index is 604. The molecular formula is C21H30N2O. The minimum Gasteiger partial charge on any atom is -0.336 e. The van der Waals surface area contributed by atoms with Crippen molar-refractivity contribution < 1.29 is 4.79 Å². The van der Waals surface area contributed by atoms with Crippen LogP contribution in [0.25, 0.3) is 0 Å². The summed E-state index contributed by atoms with van der Waals surface area (Å²) in [6, 6.07) is 9.72. The van der Waals surface area contributed by atoms with Gasteiger partial charge in [0, 0.05) is 18.0 Å². The first kappa shape index (κ1) is 16.1. The van der Waals surface area contributed by atoms with E-state index in [4.69, 9.17) is 5.73 Å². The van der Waals surface area contributed by atoms with Crippen LogP contribution in [0.15, 0.2) is 24.3 Å². The largest absolute Gasteiger partial charge is 0.336 e. The van der Waals surface area contributed by atoms with Gasteiger partial charge >= 0.3 is 0 Å². The molecule has 3 heteroatoms. The molecule has 0 spiro atoms. The number of rotatable bonds is 5. The number of carbonyl (C=O) groups excluding carboxylic acids is 1. The van der Waals surface area contributed by atoms with Crippen LogP contribution in [0.3, 0.4) is 0 Å². The molecule has 2 atom stereocenters. The fraction of sp³-hybridized carbons (Fsp3) is 0.667. The third kappa shape index (κ3) is 2.88. The molecule has 3 aliphatic carbocycles. The van der Waals surface area contributed by atoms with Crippen molar-refractivity contribution in [3.8, 4) is 0 Å². The normalized spacial score (nSPS) is 32.4. The summed E-state index contributed by atoms with van der Waals surface area (Å²) in [6.45, 7) is 2.88. The van der Waals surface area contributed by atoms with Gasteiger partial charge in [0.1, 0.15) is 0 Å². The number of benzene rings is 1. The van der Waals surface area contributed by atoms with Crippen LogP contribution < -0.4 is 5.73 Å². The second-order valence-electron chi connectivity index (χ2n) is 8.19. The molecule has 24 heavy (non-hydrogen) atoms. The molecule has 1 aromatic carbocycles. The highest BCUT2D eigenvalue weighted by Gasteiger charge is 2.46. The predicted octanol–water partition coefficient (Wildman–Crippen LogP) is 3.61. The van der Waals surface area contributed by atoms with E-state index < -0.39 is 0 Å². The average molecular weight is 326 g/mol. The number of hydrogen-bond donors (Lipinski definition) is 1. The number of carbonyl (C=O) groups is 1. The molecule has 0 heterocycles. The maximum atomic E-state index is 13.2. The van der Waals surface area contributed by atoms with Crippen LogP contribution in [-0.4, -0.2) is 29.4 Å². The SMILES string of the molecule is Cc1ccccc1C1CC(N(C(=O)[C@@H]2CCC[C@@H]2CN)C2CC2)C1. The van der Waals surface area contributed by atoms with Gasteiger partial charge in [0.05, 0.1) is 0 Å². The lowest BCUT2D eigenvalue weighted by Gasteiger charge is -2.45. The molecule has 1 aromatic rings. The van der Waals surface area contributed by atoms with E-state index >= 15 is 0 Å². The first-order valence-corrected chi connectivity index (χ1v) is 9.76. The Balaban J connectivity index is 1.44. The maximum Gasteiger partial charge on any atom is 0.226 e. The number of amides is 1. The number of hydrogen-bond acceptors (Lipinski definition) is 2. The number of aryl methyl sites for hydroxylation is 1. The number of nitrogens with two attached hydrogens (primary N) is 1. The van der Waals surface area contributed by atoms with E-state index in [1.54, 1.807) is 0 Å². The highest BCUT2D eigenvalue weighted by atomic mass is 16.2. The van der Waals surface area contributed by atoms with E-state index in [9.17, 15) is 4.79 Å². The first-order chi connectivity index (χ1) is 11.7. The molecule has 3 fully saturated rings. The van der Waals surface area contributed by atoms with E-state index in [1.165, 1.54) is 30.4 Å². The molecule has 0 bridgehead atoms. The molecule has 4 rings (SSSR count). The molecule has 2 N–H and O–H groups in total. The molecule has 0 unspecified atom stereocenters. The van der Waals surface area contributed by atoms with Crippen LogP contribution in [0.4, 0.5) is 0 Å². The van der Waals surface area contributed by atoms with E-state index in [2.05, 4.69) is 36.1 Å². The van der Waals surface area contributed by atoms with Crippen molar-refractivity contribution in [1.29, 1.82) is 0 Å². The molecular weight excluding hydrogens is 296 g/mol. The second kappa shape index (κ2) is 6.51. The Morgan fingerprint density at radius 3 is 2.54 bits per heavy atom. The van der Waals surface area contributed by atoms with Crippen LogP contribution in [0.1, 0.15) is 62.0 Å². The summed E-state index contributed by atoms with van der Waals surface area (Å²) in [5.74, 6) is 1.69. The quantitative estimate of drug-likeness (QED) is 0.898. The van der Waals surface area contributed by atoms with Crippen molar-refractivity contribution in [2.24, 2.45) is 17.6 Å². The lowest BCUT2D eigenvalue weighted by atomic mass is 9.73. The van der Waals surface area contributed by atoms with Crippen LogP contribution in [0.5, 0.6) is 0 Å². The molecule has 0 radical (unpaired) electrons. The van der Waals surface area contributed by atoms with E-state index in [-0.39, 0.29) is 5.92 Å². The molecule has 1 amide bonds. The smallest absolute Gasteiger partial charge is 0.226 e. The molecule has 0 aliphatic heterocycles. The molecule has 3 nitrogen and oxygen atoms in total. The van der Waals surface area contributed by atoms with Gasteiger partial charge in [0.2, 0.25) is 5.91 Å². The standard InChI is InChI=1S/C21H30N2O/c1-14-5-2-3-7-19(14)16-11-18(12-16)23(17-9-10-17)21(24)20-8-4-6-15(20)13-22/h2-3,5,7,15-18,20H,4,6,8-13,22H2,1H3/t15-,16?,18?,20-/m1/s1. The summed E-state index contributed by atoms with van der Waals surface area (Å²) in [5, 5.41) is 0. The fourth-order valence-electron chi connectivity index (χ4n) is 4.96. The van der Waals surface area contributed by atoms with Gasteiger partial charge < -0.3 is 10.6 Å². The van der Waals surface area contributed by atoms with Gasteiger partial charge in [-0.1, -0.05) is 30.7 Å². The highest BCUT2D eigenvalue weighted by molar-refractivity contribution is 5.80. The average Bonchev–Trinajstić information content (AvgIpc) is 3.26. The summed E-state index contributed by atoms with van der Waals surface area (Å²) < 4.78 is 0. The van der Waals surface area contributed by atoms with E-state index in [1.807, 2.05) is 0 Å². The molecule has 0 aromatic heterocycles. The Kier molecular flexibility index (Phi) is 4.38. The van der Waals surface area contributed by atoms with Gasteiger partial charge in [-0.05, 0) is 75.0 Å². The zero-order valence-electron chi connectivity index (χ0n) is 14.8. The van der Waals surface area contributed by atoms with Gasteiger partial charge in [-0.2, -0.15) is 0 Å². The van der Waals surface area contributed by atoms with Crippen molar-refractivity contribution >= 4 is 5.91 Å². The van der Waals surface area contributed by atoms with Crippen LogP contribution in [-0.2, 0) is 4.79 Å². The van der Waals surface area contributed by atoms with E-state index in [0.29, 0.717) is 36.4 Å². The zero-order valence-corrected chi connectivity index (χ0v) is 14.8. The summed E-state index contributed by atoms with van der Waals surface area (Å²) in [7, 11) is 0. The third-order valence-corrected chi connectivity index (χ3v) is 6.61.